The number of nitrogens with one attached hydrogen (secondary N) is 1. The molecule has 2 heterocycles. The van der Waals surface area contributed by atoms with Crippen LogP contribution in [0, 0.1) is 10.5 Å². The molecule has 0 bridgehead atoms. The summed E-state index contributed by atoms with van der Waals surface area (Å²) in [5.74, 6) is 0.590. The van der Waals surface area contributed by atoms with Gasteiger partial charge in [0.05, 0.1) is 20.6 Å². The molecule has 5 nitrogen and oxygen atoms in total. The van der Waals surface area contributed by atoms with Crippen LogP contribution in [-0.2, 0) is 11.3 Å². The number of ether oxygens (including phenoxy) is 1. The van der Waals surface area contributed by atoms with Crippen LogP contribution in [0.5, 0.6) is 5.75 Å². The van der Waals surface area contributed by atoms with E-state index in [1.54, 1.807) is 0 Å². The lowest BCUT2D eigenvalue weighted by Crippen LogP contribution is -2.25. The Morgan fingerprint density at radius 3 is 3.05 bits per heavy atom. The molecule has 1 N–H and O–H groups in total. The molecule has 1 aliphatic heterocycles. The van der Waals surface area contributed by atoms with E-state index in [0.29, 0.717) is 5.75 Å². The van der Waals surface area contributed by atoms with Crippen LogP contribution in [0.2, 0.25) is 0 Å². The van der Waals surface area contributed by atoms with Gasteiger partial charge in [0.15, 0.2) is 6.61 Å². The number of rotatable bonds is 2. The van der Waals surface area contributed by atoms with Gasteiger partial charge in [-0.25, -0.2) is 0 Å². The number of fused-ring (bicyclic) bond motifs is 1. The maximum Gasteiger partial charge on any atom is 0.262 e. The Kier molecular flexibility index (Phi) is 3.41. The van der Waals surface area contributed by atoms with Crippen LogP contribution in [-0.4, -0.2) is 22.3 Å². The summed E-state index contributed by atoms with van der Waals surface area (Å²) in [7, 11) is 0. The molecular weight excluding hydrogens is 369 g/mol. The highest BCUT2D eigenvalue weighted by Crippen LogP contribution is 2.35. The lowest BCUT2D eigenvalue weighted by atomic mass is 10.1. The van der Waals surface area contributed by atoms with E-state index in [-0.39, 0.29) is 12.5 Å². The van der Waals surface area contributed by atoms with Crippen LogP contribution in [0.3, 0.4) is 0 Å². The fourth-order valence-corrected chi connectivity index (χ4v) is 2.99. The zero-order chi connectivity index (χ0) is 14.3. The van der Waals surface area contributed by atoms with E-state index in [9.17, 15) is 4.79 Å². The van der Waals surface area contributed by atoms with E-state index in [1.165, 1.54) is 0 Å². The summed E-state index contributed by atoms with van der Waals surface area (Å²) in [4.78, 5) is 11.4. The number of hydrogen-bond acceptors (Lipinski definition) is 3. The van der Waals surface area contributed by atoms with E-state index >= 15 is 0 Å². The smallest absolute Gasteiger partial charge is 0.262 e. The Bertz CT molecular complexity index is 694. The molecule has 0 unspecified atom stereocenters. The molecule has 0 saturated heterocycles. The van der Waals surface area contributed by atoms with Crippen LogP contribution in [0.15, 0.2) is 18.2 Å². The van der Waals surface area contributed by atoms with Crippen molar-refractivity contribution in [2.24, 2.45) is 0 Å². The van der Waals surface area contributed by atoms with Crippen molar-refractivity contribution in [1.29, 1.82) is 0 Å². The van der Waals surface area contributed by atoms with E-state index in [4.69, 9.17) is 4.74 Å². The molecular formula is C14H14IN3O2. The highest BCUT2D eigenvalue weighted by molar-refractivity contribution is 14.1. The third kappa shape index (κ3) is 2.17. The second-order valence-corrected chi connectivity index (χ2v) is 5.69. The van der Waals surface area contributed by atoms with E-state index in [0.717, 1.165) is 32.8 Å². The molecule has 20 heavy (non-hydrogen) atoms. The van der Waals surface area contributed by atoms with Crippen LogP contribution >= 0.6 is 22.6 Å². The van der Waals surface area contributed by atoms with Crippen molar-refractivity contribution in [2.75, 3.05) is 11.9 Å². The first-order valence-electron chi connectivity index (χ1n) is 6.40. The molecule has 3 rings (SSSR count). The van der Waals surface area contributed by atoms with Gasteiger partial charge in [0, 0.05) is 12.1 Å². The maximum absolute atomic E-state index is 11.4. The minimum Gasteiger partial charge on any atom is -0.482 e. The van der Waals surface area contributed by atoms with Gasteiger partial charge in [-0.3, -0.25) is 9.48 Å². The van der Waals surface area contributed by atoms with Gasteiger partial charge in [-0.05, 0) is 54.6 Å². The van der Waals surface area contributed by atoms with Crippen molar-refractivity contribution in [3.63, 3.8) is 0 Å². The molecule has 0 saturated carbocycles. The minimum absolute atomic E-state index is 0.0792. The number of carbonyl (C=O) groups excluding carboxylic acids is 1. The number of halogens is 1. The molecule has 6 heteroatoms. The number of amides is 1. The molecule has 1 amide bonds. The Morgan fingerprint density at radius 1 is 1.50 bits per heavy atom. The number of benzene rings is 1. The van der Waals surface area contributed by atoms with Crippen molar-refractivity contribution in [3.05, 3.63) is 27.5 Å². The number of hydrogen-bond donors (Lipinski definition) is 1. The van der Waals surface area contributed by atoms with Crippen LogP contribution < -0.4 is 10.1 Å². The SMILES string of the molecule is CCn1nc(C)c(I)c1-c1ccc2c(c1)NC(=O)CO2. The number of nitrogens with zero attached hydrogens (tertiary/aromatic N) is 2. The molecule has 1 aromatic heterocycles. The number of anilines is 1. The second-order valence-electron chi connectivity index (χ2n) is 4.61. The Hall–Kier alpha value is -1.57. The quantitative estimate of drug-likeness (QED) is 0.812. The second kappa shape index (κ2) is 5.08. The fourth-order valence-electron chi connectivity index (χ4n) is 2.29. The molecule has 0 spiro atoms. The minimum atomic E-state index is -0.121. The first-order chi connectivity index (χ1) is 9.60. The standard InChI is InChI=1S/C14H14IN3O2/c1-3-18-14(13(15)8(2)17-18)9-4-5-11-10(6-9)16-12(19)7-20-11/h4-6H,3,7H2,1-2H3,(H,16,19). The number of carbonyl (C=O) groups is 1. The van der Waals surface area contributed by atoms with Gasteiger partial charge in [-0.2, -0.15) is 5.10 Å². The fraction of sp³-hybridized carbons (Fsp3) is 0.286. The van der Waals surface area contributed by atoms with E-state index in [2.05, 4.69) is 39.9 Å². The lowest BCUT2D eigenvalue weighted by Gasteiger charge is -2.18. The normalized spacial score (nSPS) is 13.7. The van der Waals surface area contributed by atoms with Crippen LogP contribution in [0.4, 0.5) is 5.69 Å². The average Bonchev–Trinajstić information content (AvgIpc) is 2.73. The Labute approximate surface area is 130 Å². The summed E-state index contributed by atoms with van der Waals surface area (Å²) >= 11 is 2.31. The summed E-state index contributed by atoms with van der Waals surface area (Å²) < 4.78 is 8.49. The van der Waals surface area contributed by atoms with Gasteiger partial charge in [0.2, 0.25) is 0 Å². The molecule has 0 aliphatic carbocycles. The summed E-state index contributed by atoms with van der Waals surface area (Å²) in [6, 6.07) is 5.83. The van der Waals surface area contributed by atoms with Crippen molar-refractivity contribution in [2.45, 2.75) is 20.4 Å². The van der Waals surface area contributed by atoms with Crippen LogP contribution in [0.25, 0.3) is 11.3 Å². The monoisotopic (exact) mass is 383 g/mol. The van der Waals surface area contributed by atoms with Crippen molar-refractivity contribution >= 4 is 34.2 Å². The summed E-state index contributed by atoms with van der Waals surface area (Å²) in [5, 5.41) is 7.36. The summed E-state index contributed by atoms with van der Waals surface area (Å²) in [6.07, 6.45) is 0. The van der Waals surface area contributed by atoms with Gasteiger partial charge >= 0.3 is 0 Å². The number of aryl methyl sites for hydroxylation is 2. The molecule has 1 aromatic carbocycles. The number of aromatic nitrogens is 2. The predicted octanol–water partition coefficient (Wildman–Crippen LogP) is 2.81. The zero-order valence-corrected chi connectivity index (χ0v) is 13.4. The van der Waals surface area contributed by atoms with Gasteiger partial charge in [-0.1, -0.05) is 0 Å². The van der Waals surface area contributed by atoms with Crippen LogP contribution in [0.1, 0.15) is 12.6 Å². The van der Waals surface area contributed by atoms with E-state index in [1.807, 2.05) is 29.8 Å². The summed E-state index contributed by atoms with van der Waals surface area (Å²) in [5.41, 5.74) is 3.84. The van der Waals surface area contributed by atoms with Crippen molar-refractivity contribution in [3.8, 4) is 17.0 Å². The molecule has 0 radical (unpaired) electrons. The first kappa shape index (κ1) is 13.4. The largest absolute Gasteiger partial charge is 0.482 e. The van der Waals surface area contributed by atoms with Gasteiger partial charge in [0.25, 0.3) is 5.91 Å². The Morgan fingerprint density at radius 2 is 2.30 bits per heavy atom. The maximum atomic E-state index is 11.4. The third-order valence-electron chi connectivity index (χ3n) is 3.24. The zero-order valence-electron chi connectivity index (χ0n) is 11.2. The van der Waals surface area contributed by atoms with Gasteiger partial charge < -0.3 is 10.1 Å². The van der Waals surface area contributed by atoms with Crippen molar-refractivity contribution < 1.29 is 9.53 Å². The topological polar surface area (TPSA) is 56.2 Å². The molecule has 2 aromatic rings. The van der Waals surface area contributed by atoms with E-state index < -0.39 is 0 Å². The molecule has 0 fully saturated rings. The third-order valence-corrected chi connectivity index (χ3v) is 4.53. The van der Waals surface area contributed by atoms with Gasteiger partial charge in [-0.15, -0.1) is 0 Å². The molecule has 104 valence electrons. The highest BCUT2D eigenvalue weighted by atomic mass is 127. The first-order valence-corrected chi connectivity index (χ1v) is 7.48. The molecule has 0 atom stereocenters. The highest BCUT2D eigenvalue weighted by Gasteiger charge is 2.19. The average molecular weight is 383 g/mol. The lowest BCUT2D eigenvalue weighted by molar-refractivity contribution is -0.118. The Balaban J connectivity index is 2.12. The molecule has 1 aliphatic rings. The van der Waals surface area contributed by atoms with Crippen molar-refractivity contribution in [1.82, 2.24) is 9.78 Å². The van der Waals surface area contributed by atoms with Gasteiger partial charge in [0.1, 0.15) is 5.75 Å². The predicted molar refractivity (Wildman–Crippen MR) is 84.9 cm³/mol. The summed E-state index contributed by atoms with van der Waals surface area (Å²) in [6.45, 7) is 4.95.